The summed E-state index contributed by atoms with van der Waals surface area (Å²) in [6, 6.07) is 0.152. The monoisotopic (exact) mass is 336 g/mol. The van der Waals surface area contributed by atoms with Crippen LogP contribution in [0.1, 0.15) is 33.6 Å². The van der Waals surface area contributed by atoms with E-state index in [4.69, 9.17) is 0 Å². The van der Waals surface area contributed by atoms with Crippen LogP contribution in [0.3, 0.4) is 0 Å². The summed E-state index contributed by atoms with van der Waals surface area (Å²) >= 11 is 0. The molecule has 0 aliphatic carbocycles. The van der Waals surface area contributed by atoms with Gasteiger partial charge < -0.3 is 9.88 Å². The lowest BCUT2D eigenvalue weighted by atomic mass is 9.78. The van der Waals surface area contributed by atoms with E-state index in [0.29, 0.717) is 13.1 Å². The third-order valence-corrected chi connectivity index (χ3v) is 5.37. The molecule has 1 fully saturated rings. The summed E-state index contributed by atoms with van der Waals surface area (Å²) in [5, 5.41) is 3.49. The predicted molar refractivity (Wildman–Crippen MR) is 85.1 cm³/mol. The van der Waals surface area contributed by atoms with E-state index in [0.717, 1.165) is 19.4 Å². The lowest BCUT2D eigenvalue weighted by Gasteiger charge is -2.39. The number of rotatable bonds is 5. The molecule has 2 heterocycles. The van der Waals surface area contributed by atoms with E-state index in [1.165, 1.54) is 6.33 Å². The Balaban J connectivity index is 0.00000220. The van der Waals surface area contributed by atoms with Crippen molar-refractivity contribution in [2.75, 3.05) is 13.1 Å². The molecule has 0 radical (unpaired) electrons. The van der Waals surface area contributed by atoms with Crippen molar-refractivity contribution in [3.05, 3.63) is 12.5 Å². The standard InChI is InChI=1S/C13H24N4O2S.ClH/c1-4-17-9-12(15-10-17)20(18,19)16-8-11-13(2,3)6-5-7-14-11;/h9-11,14,16H,4-8H2,1-3H3;1H. The van der Waals surface area contributed by atoms with Gasteiger partial charge >= 0.3 is 0 Å². The van der Waals surface area contributed by atoms with Crippen LogP contribution in [-0.2, 0) is 16.6 Å². The molecule has 0 saturated carbocycles. The molecule has 1 atom stereocenters. The first-order valence-electron chi connectivity index (χ1n) is 7.10. The molecule has 1 aromatic heterocycles. The maximum Gasteiger partial charge on any atom is 0.259 e. The molecule has 0 bridgehead atoms. The third-order valence-electron chi connectivity index (χ3n) is 4.06. The average molecular weight is 337 g/mol. The molecule has 122 valence electrons. The highest BCUT2D eigenvalue weighted by atomic mass is 35.5. The maximum absolute atomic E-state index is 12.2. The zero-order chi connectivity index (χ0) is 14.8. The lowest BCUT2D eigenvalue weighted by Crippen LogP contribution is -2.52. The normalized spacial score (nSPS) is 21.8. The quantitative estimate of drug-likeness (QED) is 0.851. The number of imidazole rings is 1. The van der Waals surface area contributed by atoms with Crippen LogP contribution in [0, 0.1) is 5.41 Å². The molecule has 6 nitrogen and oxygen atoms in total. The van der Waals surface area contributed by atoms with E-state index in [1.807, 2.05) is 6.92 Å². The van der Waals surface area contributed by atoms with Crippen LogP contribution in [0.2, 0.25) is 0 Å². The van der Waals surface area contributed by atoms with E-state index in [2.05, 4.69) is 28.9 Å². The highest BCUT2D eigenvalue weighted by molar-refractivity contribution is 7.89. The van der Waals surface area contributed by atoms with Gasteiger partial charge in [0.05, 0.1) is 6.33 Å². The first-order valence-corrected chi connectivity index (χ1v) is 8.58. The molecule has 1 saturated heterocycles. The molecule has 1 aromatic rings. The molecule has 21 heavy (non-hydrogen) atoms. The Labute approximate surface area is 133 Å². The van der Waals surface area contributed by atoms with Crippen LogP contribution in [-0.4, -0.2) is 37.1 Å². The van der Waals surface area contributed by atoms with Gasteiger partial charge in [-0.25, -0.2) is 18.1 Å². The molecule has 1 unspecified atom stereocenters. The number of aromatic nitrogens is 2. The fraction of sp³-hybridized carbons (Fsp3) is 0.769. The minimum absolute atomic E-state index is 0. The molecule has 0 amide bonds. The molecule has 8 heteroatoms. The van der Waals surface area contributed by atoms with Crippen LogP contribution in [0.15, 0.2) is 17.6 Å². The first kappa shape index (κ1) is 18.4. The Morgan fingerprint density at radius 3 is 2.81 bits per heavy atom. The predicted octanol–water partition coefficient (Wildman–Crippen LogP) is 1.38. The van der Waals surface area contributed by atoms with Crippen LogP contribution in [0.4, 0.5) is 0 Å². The molecular weight excluding hydrogens is 312 g/mol. The highest BCUT2D eigenvalue weighted by Crippen LogP contribution is 2.29. The van der Waals surface area contributed by atoms with Crippen LogP contribution in [0.5, 0.6) is 0 Å². The van der Waals surface area contributed by atoms with Crippen LogP contribution in [0.25, 0.3) is 0 Å². The minimum Gasteiger partial charge on any atom is -0.336 e. The molecule has 2 N–H and O–H groups in total. The Morgan fingerprint density at radius 1 is 1.52 bits per heavy atom. The number of aryl methyl sites for hydroxylation is 1. The highest BCUT2D eigenvalue weighted by Gasteiger charge is 2.33. The summed E-state index contributed by atoms with van der Waals surface area (Å²) < 4.78 is 28.8. The van der Waals surface area contributed by atoms with Crippen LogP contribution < -0.4 is 10.0 Å². The number of hydrogen-bond donors (Lipinski definition) is 2. The topological polar surface area (TPSA) is 76.0 Å². The fourth-order valence-corrected chi connectivity index (χ4v) is 3.53. The Bertz CT molecular complexity index is 556. The summed E-state index contributed by atoms with van der Waals surface area (Å²) in [5.41, 5.74) is 0.101. The van der Waals surface area contributed by atoms with Gasteiger partial charge in [-0.1, -0.05) is 13.8 Å². The number of sulfonamides is 1. The Hall–Kier alpha value is -0.630. The lowest BCUT2D eigenvalue weighted by molar-refractivity contribution is 0.181. The van der Waals surface area contributed by atoms with Crippen molar-refractivity contribution in [2.24, 2.45) is 5.41 Å². The third kappa shape index (κ3) is 4.42. The van der Waals surface area contributed by atoms with Gasteiger partial charge in [0.2, 0.25) is 0 Å². The first-order chi connectivity index (χ1) is 9.35. The van der Waals surface area contributed by atoms with Gasteiger partial charge in [0.1, 0.15) is 0 Å². The minimum atomic E-state index is -3.52. The van der Waals surface area contributed by atoms with Crippen molar-refractivity contribution in [1.82, 2.24) is 19.6 Å². The summed E-state index contributed by atoms with van der Waals surface area (Å²) in [7, 11) is -3.52. The van der Waals surface area contributed by atoms with Crippen molar-refractivity contribution >= 4 is 22.4 Å². The van der Waals surface area contributed by atoms with Crippen molar-refractivity contribution in [1.29, 1.82) is 0 Å². The number of halogens is 1. The second-order valence-corrected chi connectivity index (χ2v) is 7.71. The van der Waals surface area contributed by atoms with Crippen molar-refractivity contribution in [3.63, 3.8) is 0 Å². The second-order valence-electron chi connectivity index (χ2n) is 5.99. The molecule has 0 spiro atoms. The van der Waals surface area contributed by atoms with Gasteiger partial charge in [-0.05, 0) is 31.7 Å². The zero-order valence-electron chi connectivity index (χ0n) is 12.8. The number of nitrogens with zero attached hydrogens (tertiary/aromatic N) is 2. The SMILES string of the molecule is CCn1cnc(S(=O)(=O)NCC2NCCCC2(C)C)c1.Cl. The van der Waals surface area contributed by atoms with Crippen molar-refractivity contribution in [2.45, 2.75) is 51.2 Å². The summed E-state index contributed by atoms with van der Waals surface area (Å²) in [6.07, 6.45) is 5.34. The number of piperidine rings is 1. The summed E-state index contributed by atoms with van der Waals surface area (Å²) in [4.78, 5) is 3.95. The van der Waals surface area contributed by atoms with E-state index < -0.39 is 10.0 Å². The molecule has 2 rings (SSSR count). The average Bonchev–Trinajstić information content (AvgIpc) is 2.86. The van der Waals surface area contributed by atoms with Crippen molar-refractivity contribution < 1.29 is 8.42 Å². The van der Waals surface area contributed by atoms with Gasteiger partial charge in [-0.2, -0.15) is 0 Å². The van der Waals surface area contributed by atoms with Gasteiger partial charge in [-0.3, -0.25) is 0 Å². The Morgan fingerprint density at radius 2 is 2.24 bits per heavy atom. The smallest absolute Gasteiger partial charge is 0.259 e. The second kappa shape index (κ2) is 7.09. The fourth-order valence-electron chi connectivity index (χ4n) is 2.54. The van der Waals surface area contributed by atoms with Crippen molar-refractivity contribution in [3.8, 4) is 0 Å². The number of nitrogens with one attached hydrogen (secondary N) is 2. The van der Waals surface area contributed by atoms with Gasteiger partial charge in [0.25, 0.3) is 10.0 Å². The number of hydrogen-bond acceptors (Lipinski definition) is 4. The maximum atomic E-state index is 12.2. The molecule has 1 aliphatic heterocycles. The largest absolute Gasteiger partial charge is 0.336 e. The summed E-state index contributed by atoms with van der Waals surface area (Å²) in [6.45, 7) is 8.34. The van der Waals surface area contributed by atoms with E-state index in [1.54, 1.807) is 10.8 Å². The molecular formula is C13H25ClN4O2S. The van der Waals surface area contributed by atoms with E-state index >= 15 is 0 Å². The zero-order valence-corrected chi connectivity index (χ0v) is 14.4. The molecule has 1 aliphatic rings. The van der Waals surface area contributed by atoms with Gasteiger partial charge in [-0.15, -0.1) is 12.4 Å². The van der Waals surface area contributed by atoms with E-state index in [9.17, 15) is 8.42 Å². The molecule has 0 aromatic carbocycles. The summed E-state index contributed by atoms with van der Waals surface area (Å²) in [5.74, 6) is 0. The van der Waals surface area contributed by atoms with E-state index in [-0.39, 0.29) is 28.9 Å². The van der Waals surface area contributed by atoms with Gasteiger partial charge in [0.15, 0.2) is 5.03 Å². The van der Waals surface area contributed by atoms with Gasteiger partial charge in [0, 0.05) is 25.3 Å². The van der Waals surface area contributed by atoms with Crippen LogP contribution >= 0.6 is 12.4 Å². The Kier molecular flexibility index (Phi) is 6.22.